The number of rotatable bonds is 7. The third-order valence-corrected chi connectivity index (χ3v) is 6.96. The van der Waals surface area contributed by atoms with Crippen LogP contribution in [0.4, 0.5) is 0 Å². The van der Waals surface area contributed by atoms with Gasteiger partial charge in [0.2, 0.25) is 0 Å². The Bertz CT molecular complexity index is 709. The molecule has 0 bridgehead atoms. The van der Waals surface area contributed by atoms with Crippen LogP contribution in [0, 0.1) is 13.8 Å². The average molecular weight is 395 g/mol. The third kappa shape index (κ3) is 4.13. The van der Waals surface area contributed by atoms with Crippen LogP contribution in [0.25, 0.3) is 0 Å². The van der Waals surface area contributed by atoms with Gasteiger partial charge in [-0.25, -0.2) is 8.42 Å². The second-order valence-corrected chi connectivity index (χ2v) is 8.05. The zero-order valence-corrected chi connectivity index (χ0v) is 14.8. The Labute approximate surface area is 135 Å². The fourth-order valence-corrected chi connectivity index (χ4v) is 4.87. The Morgan fingerprint density at radius 1 is 1.48 bits per heavy atom. The van der Waals surface area contributed by atoms with E-state index in [4.69, 9.17) is 9.26 Å². The maximum absolute atomic E-state index is 12.0. The Morgan fingerprint density at radius 3 is 2.81 bits per heavy atom. The number of sulfonamides is 1. The van der Waals surface area contributed by atoms with Crippen molar-refractivity contribution in [2.24, 2.45) is 0 Å². The molecule has 0 unspecified atom stereocenters. The summed E-state index contributed by atoms with van der Waals surface area (Å²) in [6.45, 7) is 4.06. The lowest BCUT2D eigenvalue weighted by Gasteiger charge is -2.06. The van der Waals surface area contributed by atoms with Crippen molar-refractivity contribution in [1.82, 2.24) is 9.88 Å². The summed E-state index contributed by atoms with van der Waals surface area (Å²) in [5.74, 6) is 0.785. The summed E-state index contributed by atoms with van der Waals surface area (Å²) in [5.41, 5.74) is 1.83. The second kappa shape index (κ2) is 7.01. The van der Waals surface area contributed by atoms with Gasteiger partial charge in [-0.15, -0.1) is 11.3 Å². The van der Waals surface area contributed by atoms with Gasteiger partial charge in [0.05, 0.1) is 12.3 Å². The minimum atomic E-state index is -3.53. The van der Waals surface area contributed by atoms with E-state index < -0.39 is 10.0 Å². The molecule has 9 heteroatoms. The quantitative estimate of drug-likeness (QED) is 0.576. The number of ether oxygens (including phenoxy) is 1. The summed E-state index contributed by atoms with van der Waals surface area (Å²) in [6.07, 6.45) is 0.577. The van der Waals surface area contributed by atoms with E-state index in [0.717, 1.165) is 28.4 Å². The van der Waals surface area contributed by atoms with Gasteiger partial charge in [-0.05, 0) is 41.2 Å². The first-order valence-electron chi connectivity index (χ1n) is 6.14. The molecule has 0 saturated carbocycles. The van der Waals surface area contributed by atoms with E-state index >= 15 is 0 Å². The van der Waals surface area contributed by atoms with Crippen molar-refractivity contribution >= 4 is 37.3 Å². The molecule has 1 N–H and O–H groups in total. The predicted molar refractivity (Wildman–Crippen MR) is 82.8 cm³/mol. The number of halogens is 1. The molecule has 0 fully saturated rings. The van der Waals surface area contributed by atoms with Gasteiger partial charge in [-0.2, -0.15) is 4.72 Å². The van der Waals surface area contributed by atoms with E-state index in [0.29, 0.717) is 17.5 Å². The normalized spacial score (nSPS) is 12.0. The van der Waals surface area contributed by atoms with Gasteiger partial charge in [0.1, 0.15) is 16.7 Å². The highest BCUT2D eigenvalue weighted by Crippen LogP contribution is 2.27. The van der Waals surface area contributed by atoms with Crippen LogP contribution < -0.4 is 4.72 Å². The molecule has 0 amide bonds. The average Bonchev–Trinajstić information content (AvgIpc) is 2.99. The number of nitrogens with zero attached hydrogens (tertiary/aromatic N) is 1. The van der Waals surface area contributed by atoms with Crippen LogP contribution in [0.5, 0.6) is 0 Å². The molecule has 2 rings (SSSR count). The zero-order chi connectivity index (χ0) is 15.5. The molecule has 6 nitrogen and oxygen atoms in total. The fraction of sp³-hybridized carbons (Fsp3) is 0.417. The summed E-state index contributed by atoms with van der Waals surface area (Å²) < 4.78 is 37.5. The molecule has 0 spiro atoms. The van der Waals surface area contributed by atoms with Crippen molar-refractivity contribution in [1.29, 1.82) is 0 Å². The molecule has 2 heterocycles. The molecule has 0 aliphatic rings. The maximum Gasteiger partial charge on any atom is 0.253 e. The number of aryl methyl sites for hydroxylation is 1. The molecular weight excluding hydrogens is 380 g/mol. The van der Waals surface area contributed by atoms with Gasteiger partial charge >= 0.3 is 0 Å². The van der Waals surface area contributed by atoms with E-state index in [-0.39, 0.29) is 10.9 Å². The summed E-state index contributed by atoms with van der Waals surface area (Å²) >= 11 is 4.34. The summed E-state index contributed by atoms with van der Waals surface area (Å²) in [7, 11) is -3.53. The highest BCUT2D eigenvalue weighted by Gasteiger charge is 2.18. The smallest absolute Gasteiger partial charge is 0.253 e. The molecule has 0 atom stereocenters. The molecule has 0 saturated heterocycles. The van der Waals surface area contributed by atoms with E-state index in [1.165, 1.54) is 0 Å². The van der Waals surface area contributed by atoms with Crippen LogP contribution in [0.3, 0.4) is 0 Å². The van der Waals surface area contributed by atoms with Gasteiger partial charge < -0.3 is 9.26 Å². The first kappa shape index (κ1) is 16.6. The Kier molecular flexibility index (Phi) is 5.55. The lowest BCUT2D eigenvalue weighted by atomic mass is 10.2. The molecule has 116 valence electrons. The van der Waals surface area contributed by atoms with Crippen LogP contribution in [-0.4, -0.2) is 26.9 Å². The highest BCUT2D eigenvalue weighted by atomic mass is 79.9. The molecule has 0 aromatic carbocycles. The van der Waals surface area contributed by atoms with Gasteiger partial charge in [-0.3, -0.25) is 0 Å². The molecule has 21 heavy (non-hydrogen) atoms. The third-order valence-electron chi connectivity index (χ3n) is 2.92. The number of nitrogens with one attached hydrogen (secondary N) is 1. The zero-order valence-electron chi connectivity index (χ0n) is 11.6. The predicted octanol–water partition coefficient (Wildman–Crippen LogP) is 2.61. The lowest BCUT2D eigenvalue weighted by molar-refractivity contribution is 0.132. The van der Waals surface area contributed by atoms with Gasteiger partial charge in [-0.1, -0.05) is 5.16 Å². The van der Waals surface area contributed by atoms with E-state index in [1.807, 2.05) is 13.8 Å². The number of thiophene rings is 1. The standard InChI is InChI=1S/C12H15BrN2O4S2/c1-8-9(2)19-15-11(8)3-5-18-7-14-21(16,17)12-10(13)4-6-20-12/h4,6,14H,3,5,7H2,1-2H3. The Balaban J connectivity index is 1.78. The SMILES string of the molecule is Cc1onc(CCOCNS(=O)(=O)c2sccc2Br)c1C. The Hall–Kier alpha value is -0.740. The van der Waals surface area contributed by atoms with Crippen LogP contribution in [0.2, 0.25) is 0 Å². The van der Waals surface area contributed by atoms with Crippen LogP contribution >= 0.6 is 27.3 Å². The van der Waals surface area contributed by atoms with E-state index in [2.05, 4.69) is 25.8 Å². The largest absolute Gasteiger partial charge is 0.365 e. The highest BCUT2D eigenvalue weighted by molar-refractivity contribution is 9.10. The molecule has 0 radical (unpaired) electrons. The van der Waals surface area contributed by atoms with Crippen molar-refractivity contribution in [3.05, 3.63) is 32.9 Å². The number of aromatic nitrogens is 1. The number of hydrogen-bond donors (Lipinski definition) is 1. The van der Waals surface area contributed by atoms with Gasteiger partial charge in [0.25, 0.3) is 10.0 Å². The molecule has 2 aromatic rings. The van der Waals surface area contributed by atoms with Gasteiger partial charge in [0.15, 0.2) is 0 Å². The van der Waals surface area contributed by atoms with Crippen molar-refractivity contribution in [3.63, 3.8) is 0 Å². The fourth-order valence-electron chi connectivity index (χ4n) is 1.59. The van der Waals surface area contributed by atoms with E-state index in [9.17, 15) is 8.42 Å². The van der Waals surface area contributed by atoms with Crippen molar-refractivity contribution in [3.8, 4) is 0 Å². The summed E-state index contributed by atoms with van der Waals surface area (Å²) in [4.78, 5) is 0. The first-order chi connectivity index (χ1) is 9.92. The van der Waals surface area contributed by atoms with Crippen LogP contribution in [-0.2, 0) is 21.2 Å². The van der Waals surface area contributed by atoms with Gasteiger partial charge in [0, 0.05) is 16.5 Å². The monoisotopic (exact) mass is 394 g/mol. The van der Waals surface area contributed by atoms with Crippen molar-refractivity contribution in [2.45, 2.75) is 24.5 Å². The number of hydrogen-bond acceptors (Lipinski definition) is 6. The van der Waals surface area contributed by atoms with E-state index in [1.54, 1.807) is 11.4 Å². The molecule has 0 aliphatic heterocycles. The van der Waals surface area contributed by atoms with Crippen molar-refractivity contribution in [2.75, 3.05) is 13.3 Å². The molecule has 0 aliphatic carbocycles. The minimum absolute atomic E-state index is 0.0808. The second-order valence-electron chi connectivity index (χ2n) is 4.32. The van der Waals surface area contributed by atoms with Crippen LogP contribution in [0.1, 0.15) is 17.0 Å². The Morgan fingerprint density at radius 2 is 2.24 bits per heavy atom. The lowest BCUT2D eigenvalue weighted by Crippen LogP contribution is -2.26. The first-order valence-corrected chi connectivity index (χ1v) is 9.29. The molecule has 2 aromatic heterocycles. The topological polar surface area (TPSA) is 81.4 Å². The summed E-state index contributed by atoms with van der Waals surface area (Å²) in [5, 5.41) is 5.62. The maximum atomic E-state index is 12.0. The minimum Gasteiger partial charge on any atom is -0.365 e. The van der Waals surface area contributed by atoms with Crippen molar-refractivity contribution < 1.29 is 17.7 Å². The molecular formula is C12H15BrN2O4S2. The summed E-state index contributed by atoms with van der Waals surface area (Å²) in [6, 6.07) is 1.69. The van der Waals surface area contributed by atoms with Crippen LogP contribution in [0.15, 0.2) is 24.7 Å².